The number of hydrogen-bond donors (Lipinski definition) is 2. The number of carbonyl (C=O) groups is 1. The molecule has 1 aliphatic rings. The minimum absolute atomic E-state index is 0.241. The zero-order chi connectivity index (χ0) is 16.7. The molecule has 0 radical (unpaired) electrons. The van der Waals surface area contributed by atoms with Gasteiger partial charge in [0.25, 0.3) is 0 Å². The number of aromatic nitrogens is 1. The SMILES string of the molecule is CC.O=C(O)c1ccncc1NCC1CCOc2ccccc21. The van der Waals surface area contributed by atoms with E-state index in [-0.39, 0.29) is 5.56 Å². The highest BCUT2D eigenvalue weighted by atomic mass is 16.5. The minimum Gasteiger partial charge on any atom is -0.493 e. The number of carboxylic acid groups (broad SMARTS) is 1. The second-order valence-corrected chi connectivity index (χ2v) is 4.98. The Bertz CT molecular complexity index is 658. The molecule has 5 nitrogen and oxygen atoms in total. The summed E-state index contributed by atoms with van der Waals surface area (Å²) in [6.07, 6.45) is 3.94. The summed E-state index contributed by atoms with van der Waals surface area (Å²) in [6, 6.07) is 9.48. The second-order valence-electron chi connectivity index (χ2n) is 4.98. The van der Waals surface area contributed by atoms with Crippen LogP contribution < -0.4 is 10.1 Å². The van der Waals surface area contributed by atoms with Crippen LogP contribution in [0.15, 0.2) is 42.7 Å². The number of benzene rings is 1. The predicted octanol–water partition coefficient (Wildman–Crippen LogP) is 3.78. The lowest BCUT2D eigenvalue weighted by Crippen LogP contribution is -2.21. The van der Waals surface area contributed by atoms with E-state index in [1.54, 1.807) is 6.20 Å². The van der Waals surface area contributed by atoms with Crippen LogP contribution in [0.1, 0.15) is 42.1 Å². The van der Waals surface area contributed by atoms with Crippen LogP contribution in [-0.2, 0) is 0 Å². The lowest BCUT2D eigenvalue weighted by atomic mass is 9.93. The molecular formula is C18H22N2O3. The first-order chi connectivity index (χ1) is 11.3. The highest BCUT2D eigenvalue weighted by Crippen LogP contribution is 2.33. The van der Waals surface area contributed by atoms with Crippen LogP contribution in [-0.4, -0.2) is 29.2 Å². The van der Waals surface area contributed by atoms with Crippen LogP contribution in [0.25, 0.3) is 0 Å². The first kappa shape index (κ1) is 16.8. The van der Waals surface area contributed by atoms with Crippen molar-refractivity contribution in [2.24, 2.45) is 0 Å². The summed E-state index contributed by atoms with van der Waals surface area (Å²) in [5.74, 6) is 0.268. The molecule has 0 aliphatic carbocycles. The van der Waals surface area contributed by atoms with Gasteiger partial charge in [0.2, 0.25) is 0 Å². The van der Waals surface area contributed by atoms with Gasteiger partial charge >= 0.3 is 5.97 Å². The fraction of sp³-hybridized carbons (Fsp3) is 0.333. The van der Waals surface area contributed by atoms with Gasteiger partial charge in [0, 0.05) is 18.7 Å². The number of carboxylic acids is 1. The Kier molecular flexibility index (Phi) is 5.97. The van der Waals surface area contributed by atoms with Crippen molar-refractivity contribution >= 4 is 11.7 Å². The van der Waals surface area contributed by atoms with Crippen LogP contribution in [0.4, 0.5) is 5.69 Å². The number of nitrogens with zero attached hydrogens (tertiary/aromatic N) is 1. The maximum absolute atomic E-state index is 11.2. The molecule has 1 atom stereocenters. The van der Waals surface area contributed by atoms with E-state index in [2.05, 4.69) is 16.4 Å². The summed E-state index contributed by atoms with van der Waals surface area (Å²) >= 11 is 0. The summed E-state index contributed by atoms with van der Waals surface area (Å²) in [7, 11) is 0. The van der Waals surface area contributed by atoms with Crippen LogP contribution in [0.2, 0.25) is 0 Å². The molecule has 0 spiro atoms. The molecule has 2 heterocycles. The minimum atomic E-state index is -0.952. The third kappa shape index (κ3) is 4.00. The Morgan fingerprint density at radius 2 is 2.13 bits per heavy atom. The van der Waals surface area contributed by atoms with E-state index >= 15 is 0 Å². The van der Waals surface area contributed by atoms with Crippen molar-refractivity contribution in [3.05, 3.63) is 53.9 Å². The molecule has 1 aromatic carbocycles. The van der Waals surface area contributed by atoms with Crippen molar-refractivity contribution in [1.29, 1.82) is 0 Å². The molecule has 1 aliphatic heterocycles. The van der Waals surface area contributed by atoms with Crippen molar-refractivity contribution < 1.29 is 14.6 Å². The summed E-state index contributed by atoms with van der Waals surface area (Å²) in [4.78, 5) is 15.2. The van der Waals surface area contributed by atoms with Gasteiger partial charge in [0.1, 0.15) is 5.75 Å². The van der Waals surface area contributed by atoms with Gasteiger partial charge in [0.15, 0.2) is 0 Å². The molecular weight excluding hydrogens is 292 g/mol. The lowest BCUT2D eigenvalue weighted by molar-refractivity contribution is 0.0697. The van der Waals surface area contributed by atoms with Gasteiger partial charge in [-0.15, -0.1) is 0 Å². The molecule has 2 aromatic rings. The van der Waals surface area contributed by atoms with Crippen molar-refractivity contribution in [3.63, 3.8) is 0 Å². The van der Waals surface area contributed by atoms with E-state index in [1.165, 1.54) is 12.3 Å². The van der Waals surface area contributed by atoms with Gasteiger partial charge in [-0.05, 0) is 24.1 Å². The van der Waals surface area contributed by atoms with E-state index < -0.39 is 5.97 Å². The molecule has 1 unspecified atom stereocenters. The molecule has 5 heteroatoms. The molecule has 0 bridgehead atoms. The summed E-state index contributed by atoms with van der Waals surface area (Å²) in [6.45, 7) is 5.34. The van der Waals surface area contributed by atoms with Gasteiger partial charge in [-0.3, -0.25) is 4.98 Å². The number of para-hydroxylation sites is 1. The van der Waals surface area contributed by atoms with E-state index in [0.29, 0.717) is 24.8 Å². The van der Waals surface area contributed by atoms with Gasteiger partial charge in [0.05, 0.1) is 24.1 Å². The van der Waals surface area contributed by atoms with Crippen molar-refractivity contribution in [2.75, 3.05) is 18.5 Å². The summed E-state index contributed by atoms with van der Waals surface area (Å²) in [5.41, 5.74) is 1.95. The third-order valence-electron chi connectivity index (χ3n) is 3.67. The quantitative estimate of drug-likeness (QED) is 0.898. The molecule has 3 rings (SSSR count). The van der Waals surface area contributed by atoms with Crippen LogP contribution in [0.3, 0.4) is 0 Å². The number of aromatic carboxylic acids is 1. The predicted molar refractivity (Wildman–Crippen MR) is 90.3 cm³/mol. The van der Waals surface area contributed by atoms with Crippen molar-refractivity contribution in [1.82, 2.24) is 4.98 Å². The fourth-order valence-electron chi connectivity index (χ4n) is 2.58. The van der Waals surface area contributed by atoms with E-state index in [4.69, 9.17) is 4.74 Å². The van der Waals surface area contributed by atoms with Crippen LogP contribution in [0.5, 0.6) is 5.75 Å². The maximum Gasteiger partial charge on any atom is 0.337 e. The Hall–Kier alpha value is -2.56. The zero-order valence-electron chi connectivity index (χ0n) is 13.5. The number of rotatable bonds is 4. The molecule has 0 fully saturated rings. The number of fused-ring (bicyclic) bond motifs is 1. The monoisotopic (exact) mass is 314 g/mol. The Balaban J connectivity index is 0.000000924. The molecule has 0 saturated carbocycles. The maximum atomic E-state index is 11.2. The topological polar surface area (TPSA) is 71.5 Å². The fourth-order valence-corrected chi connectivity index (χ4v) is 2.58. The standard InChI is InChI=1S/C16H16N2O3.C2H6/c19-16(20)13-5-7-17-10-14(13)18-9-11-6-8-21-15-4-2-1-3-12(11)15;1-2/h1-5,7,10-11,18H,6,8-9H2,(H,19,20);1-2H3. The number of pyridine rings is 1. The smallest absolute Gasteiger partial charge is 0.337 e. The van der Waals surface area contributed by atoms with Gasteiger partial charge in [-0.25, -0.2) is 4.79 Å². The highest BCUT2D eigenvalue weighted by Gasteiger charge is 2.21. The Morgan fingerprint density at radius 1 is 1.35 bits per heavy atom. The van der Waals surface area contributed by atoms with Gasteiger partial charge < -0.3 is 15.2 Å². The highest BCUT2D eigenvalue weighted by molar-refractivity contribution is 5.93. The largest absolute Gasteiger partial charge is 0.493 e. The van der Waals surface area contributed by atoms with Crippen molar-refractivity contribution in [3.8, 4) is 5.75 Å². The average molecular weight is 314 g/mol. The van der Waals surface area contributed by atoms with E-state index in [9.17, 15) is 9.90 Å². The summed E-state index contributed by atoms with van der Waals surface area (Å²) < 4.78 is 5.63. The average Bonchev–Trinajstić information content (AvgIpc) is 2.62. The summed E-state index contributed by atoms with van der Waals surface area (Å²) in [5, 5.41) is 12.4. The Labute approximate surface area is 136 Å². The van der Waals surface area contributed by atoms with E-state index in [1.807, 2.05) is 32.0 Å². The first-order valence-electron chi connectivity index (χ1n) is 7.88. The van der Waals surface area contributed by atoms with Gasteiger partial charge in [-0.1, -0.05) is 32.0 Å². The van der Waals surface area contributed by atoms with Gasteiger partial charge in [-0.2, -0.15) is 0 Å². The third-order valence-corrected chi connectivity index (χ3v) is 3.67. The molecule has 2 N–H and O–H groups in total. The van der Waals surface area contributed by atoms with Crippen LogP contribution >= 0.6 is 0 Å². The zero-order valence-corrected chi connectivity index (χ0v) is 13.5. The second kappa shape index (κ2) is 8.17. The van der Waals surface area contributed by atoms with Crippen LogP contribution in [0, 0.1) is 0 Å². The van der Waals surface area contributed by atoms with E-state index in [0.717, 1.165) is 17.7 Å². The Morgan fingerprint density at radius 3 is 2.91 bits per heavy atom. The first-order valence-corrected chi connectivity index (χ1v) is 7.88. The number of anilines is 1. The molecule has 23 heavy (non-hydrogen) atoms. The molecule has 1 aromatic heterocycles. The number of nitrogens with one attached hydrogen (secondary N) is 1. The number of hydrogen-bond acceptors (Lipinski definition) is 4. The lowest BCUT2D eigenvalue weighted by Gasteiger charge is -2.26. The van der Waals surface area contributed by atoms with Crippen molar-refractivity contribution in [2.45, 2.75) is 26.2 Å². The number of ether oxygens (including phenoxy) is 1. The molecule has 0 saturated heterocycles. The molecule has 0 amide bonds. The normalized spacial score (nSPS) is 15.5. The molecule has 122 valence electrons.